The number of hydrogen-bond acceptors (Lipinski definition) is 6. The van der Waals surface area contributed by atoms with Gasteiger partial charge in [-0.15, -0.1) is 0 Å². The maximum atomic E-state index is 12.4. The highest BCUT2D eigenvalue weighted by atomic mass is 16.5. The highest BCUT2D eigenvalue weighted by Crippen LogP contribution is 2.30. The van der Waals surface area contributed by atoms with Crippen LogP contribution in [-0.2, 0) is 11.3 Å². The molecule has 3 heterocycles. The minimum Gasteiger partial charge on any atom is -0.445 e. The van der Waals surface area contributed by atoms with Gasteiger partial charge in [-0.1, -0.05) is 19.0 Å². The Bertz CT molecular complexity index is 669. The summed E-state index contributed by atoms with van der Waals surface area (Å²) in [5, 5.41) is 6.90. The molecule has 1 aliphatic heterocycles. The van der Waals surface area contributed by atoms with Crippen molar-refractivity contribution in [2.24, 2.45) is 0 Å². The predicted molar refractivity (Wildman–Crippen MR) is 85.4 cm³/mol. The Morgan fingerprint density at radius 2 is 2.25 bits per heavy atom. The number of oxazole rings is 1. The second-order valence-corrected chi connectivity index (χ2v) is 5.98. The minimum absolute atomic E-state index is 0.181. The molecule has 0 aromatic carbocycles. The van der Waals surface area contributed by atoms with Crippen LogP contribution in [0.4, 0.5) is 0 Å². The van der Waals surface area contributed by atoms with Crippen molar-refractivity contribution in [1.29, 1.82) is 0 Å². The van der Waals surface area contributed by atoms with Crippen molar-refractivity contribution in [2.75, 3.05) is 6.61 Å². The third-order valence-electron chi connectivity index (χ3n) is 4.44. The van der Waals surface area contributed by atoms with Crippen molar-refractivity contribution >= 4 is 5.91 Å². The Balaban J connectivity index is 1.61. The van der Waals surface area contributed by atoms with Crippen LogP contribution >= 0.6 is 0 Å². The monoisotopic (exact) mass is 333 g/mol. The van der Waals surface area contributed by atoms with Crippen LogP contribution in [-0.4, -0.2) is 22.7 Å². The molecule has 2 aromatic heterocycles. The van der Waals surface area contributed by atoms with Gasteiger partial charge in [-0.3, -0.25) is 4.79 Å². The van der Waals surface area contributed by atoms with Gasteiger partial charge in [0.25, 0.3) is 5.91 Å². The van der Waals surface area contributed by atoms with Crippen molar-refractivity contribution < 1.29 is 18.5 Å². The van der Waals surface area contributed by atoms with Crippen LogP contribution in [0.2, 0.25) is 0 Å². The number of hydrogen-bond donors (Lipinski definition) is 1. The summed E-state index contributed by atoms with van der Waals surface area (Å²) in [6.45, 7) is 5.20. The molecule has 7 nitrogen and oxygen atoms in total. The molecule has 1 N–H and O–H groups in total. The highest BCUT2D eigenvalue weighted by molar-refractivity contribution is 5.93. The maximum absolute atomic E-state index is 12.4. The summed E-state index contributed by atoms with van der Waals surface area (Å²) in [5.74, 6) is 1.22. The zero-order valence-electron chi connectivity index (χ0n) is 14.1. The summed E-state index contributed by atoms with van der Waals surface area (Å²) in [5.41, 5.74) is 1.22. The van der Waals surface area contributed by atoms with Crippen molar-refractivity contribution in [2.45, 2.75) is 58.1 Å². The standard InChI is InChI=1S/C17H23N3O4/c1-3-11(4-2)13-8-12(24-20-13)9-18-17(21)15-16(23-10-19-15)14-6-5-7-22-14/h8,10-11,14H,3-7,9H2,1-2H3,(H,18,21). The second-order valence-electron chi connectivity index (χ2n) is 5.98. The number of carbonyl (C=O) groups is 1. The van der Waals surface area contributed by atoms with Crippen LogP contribution in [0.1, 0.15) is 79.3 Å². The number of carbonyl (C=O) groups excluding carboxylic acids is 1. The molecule has 0 spiro atoms. The molecule has 1 amide bonds. The lowest BCUT2D eigenvalue weighted by Gasteiger charge is -2.07. The van der Waals surface area contributed by atoms with E-state index in [1.165, 1.54) is 6.39 Å². The van der Waals surface area contributed by atoms with E-state index in [4.69, 9.17) is 13.7 Å². The Morgan fingerprint density at radius 3 is 2.96 bits per heavy atom. The molecule has 0 bridgehead atoms. The van der Waals surface area contributed by atoms with Gasteiger partial charge in [0.1, 0.15) is 6.10 Å². The summed E-state index contributed by atoms with van der Waals surface area (Å²) in [6.07, 6.45) is 4.93. The summed E-state index contributed by atoms with van der Waals surface area (Å²) >= 11 is 0. The number of nitrogens with zero attached hydrogens (tertiary/aromatic N) is 2. The molecule has 1 fully saturated rings. The number of nitrogens with one attached hydrogen (secondary N) is 1. The molecule has 0 aliphatic carbocycles. The molecule has 1 saturated heterocycles. The van der Waals surface area contributed by atoms with Crippen molar-refractivity contribution in [1.82, 2.24) is 15.5 Å². The Labute approximate surface area is 140 Å². The fourth-order valence-corrected chi connectivity index (χ4v) is 3.00. The molecule has 0 radical (unpaired) electrons. The normalized spacial score (nSPS) is 17.5. The van der Waals surface area contributed by atoms with Crippen LogP contribution in [0, 0.1) is 0 Å². The van der Waals surface area contributed by atoms with Gasteiger partial charge in [-0.05, 0) is 25.7 Å². The molecular weight excluding hydrogens is 310 g/mol. The molecular formula is C17H23N3O4. The van der Waals surface area contributed by atoms with Gasteiger partial charge in [-0.2, -0.15) is 0 Å². The largest absolute Gasteiger partial charge is 0.445 e. The molecule has 2 aromatic rings. The van der Waals surface area contributed by atoms with E-state index < -0.39 is 0 Å². The van der Waals surface area contributed by atoms with E-state index in [1.54, 1.807) is 0 Å². The van der Waals surface area contributed by atoms with Gasteiger partial charge >= 0.3 is 0 Å². The summed E-state index contributed by atoms with van der Waals surface area (Å²) in [4.78, 5) is 16.4. The van der Waals surface area contributed by atoms with E-state index >= 15 is 0 Å². The predicted octanol–water partition coefficient (Wildman–Crippen LogP) is 3.35. The first kappa shape index (κ1) is 16.7. The van der Waals surface area contributed by atoms with E-state index in [-0.39, 0.29) is 24.2 Å². The van der Waals surface area contributed by atoms with Crippen LogP contribution < -0.4 is 5.32 Å². The SMILES string of the molecule is CCC(CC)c1cc(CNC(=O)c2ncoc2C2CCCO2)on1. The molecule has 1 unspecified atom stereocenters. The Hall–Kier alpha value is -2.15. The Kier molecular flexibility index (Phi) is 5.30. The fourth-order valence-electron chi connectivity index (χ4n) is 3.00. The van der Waals surface area contributed by atoms with Crippen molar-refractivity contribution in [3.63, 3.8) is 0 Å². The molecule has 0 saturated carbocycles. The zero-order chi connectivity index (χ0) is 16.9. The van der Waals surface area contributed by atoms with Crippen LogP contribution in [0.15, 0.2) is 21.4 Å². The first-order valence-electron chi connectivity index (χ1n) is 8.51. The summed E-state index contributed by atoms with van der Waals surface area (Å²) in [7, 11) is 0. The van der Waals surface area contributed by atoms with E-state index in [1.807, 2.05) is 6.07 Å². The van der Waals surface area contributed by atoms with Gasteiger partial charge in [-0.25, -0.2) is 4.98 Å². The fraction of sp³-hybridized carbons (Fsp3) is 0.588. The number of ether oxygens (including phenoxy) is 1. The second kappa shape index (κ2) is 7.61. The zero-order valence-corrected chi connectivity index (χ0v) is 14.1. The van der Waals surface area contributed by atoms with E-state index in [0.29, 0.717) is 24.0 Å². The van der Waals surface area contributed by atoms with Gasteiger partial charge < -0.3 is 19.0 Å². The molecule has 1 atom stereocenters. The lowest BCUT2D eigenvalue weighted by molar-refractivity contribution is 0.0858. The molecule has 1 aliphatic rings. The van der Waals surface area contributed by atoms with E-state index in [2.05, 4.69) is 29.3 Å². The highest BCUT2D eigenvalue weighted by Gasteiger charge is 2.28. The smallest absolute Gasteiger partial charge is 0.274 e. The van der Waals surface area contributed by atoms with Crippen LogP contribution in [0.25, 0.3) is 0 Å². The maximum Gasteiger partial charge on any atom is 0.274 e. The minimum atomic E-state index is -0.297. The van der Waals surface area contributed by atoms with E-state index in [9.17, 15) is 4.79 Å². The quantitative estimate of drug-likeness (QED) is 0.835. The Morgan fingerprint density at radius 1 is 1.42 bits per heavy atom. The summed E-state index contributed by atoms with van der Waals surface area (Å²) < 4.78 is 16.2. The molecule has 7 heteroatoms. The molecule has 24 heavy (non-hydrogen) atoms. The average Bonchev–Trinajstić information content (AvgIpc) is 3.33. The van der Waals surface area contributed by atoms with E-state index in [0.717, 1.165) is 31.4 Å². The lowest BCUT2D eigenvalue weighted by atomic mass is 9.99. The molecule has 130 valence electrons. The van der Waals surface area contributed by atoms with Crippen LogP contribution in [0.5, 0.6) is 0 Å². The van der Waals surface area contributed by atoms with Gasteiger partial charge in [0.15, 0.2) is 23.6 Å². The van der Waals surface area contributed by atoms with Gasteiger partial charge in [0.05, 0.1) is 12.2 Å². The first-order valence-corrected chi connectivity index (χ1v) is 8.51. The number of aromatic nitrogens is 2. The number of amides is 1. The third-order valence-corrected chi connectivity index (χ3v) is 4.44. The van der Waals surface area contributed by atoms with Crippen molar-refractivity contribution in [3.05, 3.63) is 35.4 Å². The topological polar surface area (TPSA) is 90.4 Å². The van der Waals surface area contributed by atoms with Crippen LogP contribution in [0.3, 0.4) is 0 Å². The third kappa shape index (κ3) is 3.51. The van der Waals surface area contributed by atoms with Crippen molar-refractivity contribution in [3.8, 4) is 0 Å². The lowest BCUT2D eigenvalue weighted by Crippen LogP contribution is -2.24. The van der Waals surface area contributed by atoms with Gasteiger partial charge in [0, 0.05) is 18.6 Å². The first-order chi connectivity index (χ1) is 11.7. The average molecular weight is 333 g/mol. The number of rotatable bonds is 7. The summed E-state index contributed by atoms with van der Waals surface area (Å²) in [6, 6.07) is 1.90. The molecule has 3 rings (SSSR count). The van der Waals surface area contributed by atoms with Gasteiger partial charge in [0.2, 0.25) is 0 Å².